The van der Waals surface area contributed by atoms with Crippen LogP contribution in [0.2, 0.25) is 0 Å². The molecule has 0 unspecified atom stereocenters. The van der Waals surface area contributed by atoms with Crippen LogP contribution in [0, 0.1) is 0 Å². The van der Waals surface area contributed by atoms with Gasteiger partial charge >= 0.3 is 0 Å². The first kappa shape index (κ1) is 25.5. The first-order valence-electron chi connectivity index (χ1n) is 12.8. The lowest BCUT2D eigenvalue weighted by Crippen LogP contribution is -2.32. The lowest BCUT2D eigenvalue weighted by molar-refractivity contribution is 0.0935. The maximum Gasteiger partial charge on any atom is 0.262 e. The van der Waals surface area contributed by atoms with Crippen molar-refractivity contribution >= 4 is 34.4 Å². The molecule has 37 heavy (non-hydrogen) atoms. The molecule has 1 saturated heterocycles. The summed E-state index contributed by atoms with van der Waals surface area (Å²) in [5, 5.41) is 3.98. The number of thioether (sulfide) groups is 1. The second-order valence-corrected chi connectivity index (χ2v) is 10.5. The van der Waals surface area contributed by atoms with Crippen LogP contribution in [0.3, 0.4) is 0 Å². The molecule has 8 nitrogen and oxygen atoms in total. The van der Waals surface area contributed by atoms with Gasteiger partial charge in [0, 0.05) is 23.8 Å². The Morgan fingerprint density at radius 1 is 1.08 bits per heavy atom. The number of hydrogen-bond donors (Lipinski definition) is 1. The highest BCUT2D eigenvalue weighted by atomic mass is 32.2. The van der Waals surface area contributed by atoms with Gasteiger partial charge in [-0.05, 0) is 68.1 Å². The SMILES string of the molecule is COc1ccc(C(=O)CSc2nc3cc(C(=O)NC4CCCC4)ccc3c(=O)n2C[C@@H]2CCCO2)cc1. The van der Waals surface area contributed by atoms with Crippen molar-refractivity contribution in [1.29, 1.82) is 0 Å². The smallest absolute Gasteiger partial charge is 0.262 e. The zero-order valence-electron chi connectivity index (χ0n) is 20.9. The van der Waals surface area contributed by atoms with Crippen molar-refractivity contribution in [3.8, 4) is 5.75 Å². The second-order valence-electron chi connectivity index (χ2n) is 9.57. The number of nitrogens with zero attached hydrogens (tertiary/aromatic N) is 2. The first-order valence-corrected chi connectivity index (χ1v) is 13.8. The summed E-state index contributed by atoms with van der Waals surface area (Å²) in [5.74, 6) is 0.578. The van der Waals surface area contributed by atoms with Crippen LogP contribution in [-0.4, -0.2) is 52.9 Å². The van der Waals surface area contributed by atoms with Crippen LogP contribution < -0.4 is 15.6 Å². The van der Waals surface area contributed by atoms with Crippen LogP contribution in [0.15, 0.2) is 52.4 Å². The Kier molecular flexibility index (Phi) is 7.90. The van der Waals surface area contributed by atoms with Crippen LogP contribution in [0.25, 0.3) is 10.9 Å². The molecule has 1 atom stereocenters. The van der Waals surface area contributed by atoms with Gasteiger partial charge < -0.3 is 14.8 Å². The third-order valence-corrected chi connectivity index (χ3v) is 8.00. The Morgan fingerprint density at radius 2 is 1.84 bits per heavy atom. The first-order chi connectivity index (χ1) is 18.0. The highest BCUT2D eigenvalue weighted by Gasteiger charge is 2.22. The zero-order chi connectivity index (χ0) is 25.8. The number of nitrogens with one attached hydrogen (secondary N) is 1. The van der Waals surface area contributed by atoms with E-state index in [1.54, 1.807) is 54.1 Å². The molecule has 194 valence electrons. The molecule has 2 aliphatic rings. The second kappa shape index (κ2) is 11.5. The van der Waals surface area contributed by atoms with Crippen LogP contribution in [-0.2, 0) is 11.3 Å². The minimum Gasteiger partial charge on any atom is -0.497 e. The number of rotatable bonds is 9. The van der Waals surface area contributed by atoms with Crippen molar-refractivity contribution in [2.45, 2.75) is 62.4 Å². The summed E-state index contributed by atoms with van der Waals surface area (Å²) in [7, 11) is 1.58. The van der Waals surface area contributed by atoms with E-state index in [1.807, 2.05) is 0 Å². The summed E-state index contributed by atoms with van der Waals surface area (Å²) in [4.78, 5) is 44.0. The van der Waals surface area contributed by atoms with Crippen molar-refractivity contribution in [1.82, 2.24) is 14.9 Å². The van der Waals surface area contributed by atoms with Gasteiger partial charge in [-0.25, -0.2) is 4.98 Å². The molecule has 5 rings (SSSR count). The van der Waals surface area contributed by atoms with Crippen LogP contribution in [0.4, 0.5) is 0 Å². The van der Waals surface area contributed by atoms with Crippen LogP contribution in [0.1, 0.15) is 59.2 Å². The summed E-state index contributed by atoms with van der Waals surface area (Å²) in [6.07, 6.45) is 6.01. The number of hydrogen-bond acceptors (Lipinski definition) is 7. The number of benzene rings is 2. The van der Waals surface area contributed by atoms with E-state index in [1.165, 1.54) is 11.8 Å². The van der Waals surface area contributed by atoms with Gasteiger partial charge in [0.05, 0.1) is 36.4 Å². The summed E-state index contributed by atoms with van der Waals surface area (Å²) >= 11 is 1.23. The van der Waals surface area contributed by atoms with E-state index in [0.29, 0.717) is 46.1 Å². The molecule has 1 saturated carbocycles. The molecule has 2 fully saturated rings. The average Bonchev–Trinajstić information content (AvgIpc) is 3.63. The number of Topliss-reactive ketones (excluding diaryl/α,β-unsaturated/α-hetero) is 1. The van der Waals surface area contributed by atoms with Crippen LogP contribution in [0.5, 0.6) is 5.75 Å². The molecule has 0 radical (unpaired) electrons. The van der Waals surface area contributed by atoms with Gasteiger partial charge in [0.15, 0.2) is 10.9 Å². The molecule has 1 aromatic heterocycles. The average molecular weight is 522 g/mol. The molecule has 2 aromatic carbocycles. The Morgan fingerprint density at radius 3 is 2.54 bits per heavy atom. The molecule has 0 bridgehead atoms. The number of carbonyl (C=O) groups is 2. The van der Waals surface area contributed by atoms with Crippen molar-refractivity contribution < 1.29 is 19.1 Å². The molecule has 9 heteroatoms. The number of ketones is 1. The van der Waals surface area contributed by atoms with E-state index in [4.69, 9.17) is 14.5 Å². The largest absolute Gasteiger partial charge is 0.497 e. The van der Waals surface area contributed by atoms with Gasteiger partial charge in [-0.15, -0.1) is 0 Å². The zero-order valence-corrected chi connectivity index (χ0v) is 21.7. The Bertz CT molecular complexity index is 1340. The minimum atomic E-state index is -0.192. The fourth-order valence-corrected chi connectivity index (χ4v) is 5.84. The van der Waals surface area contributed by atoms with Gasteiger partial charge in [0.1, 0.15) is 5.75 Å². The van der Waals surface area contributed by atoms with Gasteiger partial charge in [-0.1, -0.05) is 24.6 Å². The molecule has 3 aromatic rings. The number of ether oxygens (including phenoxy) is 2. The van der Waals surface area contributed by atoms with Gasteiger partial charge in [-0.3, -0.25) is 19.0 Å². The number of methoxy groups -OCH3 is 1. The minimum absolute atomic E-state index is 0.0648. The fourth-order valence-electron chi connectivity index (χ4n) is 4.93. The lowest BCUT2D eigenvalue weighted by atomic mass is 10.1. The predicted molar refractivity (Wildman–Crippen MR) is 143 cm³/mol. The molecule has 0 spiro atoms. The fraction of sp³-hybridized carbons (Fsp3) is 0.429. The summed E-state index contributed by atoms with van der Waals surface area (Å²) < 4.78 is 12.6. The predicted octanol–water partition coefficient (Wildman–Crippen LogP) is 4.23. The highest BCUT2D eigenvalue weighted by molar-refractivity contribution is 7.99. The van der Waals surface area contributed by atoms with E-state index >= 15 is 0 Å². The number of aromatic nitrogens is 2. The number of amides is 1. The molecule has 2 heterocycles. The van der Waals surface area contributed by atoms with Crippen molar-refractivity contribution in [2.24, 2.45) is 0 Å². The molecular weight excluding hydrogens is 490 g/mol. The van der Waals surface area contributed by atoms with E-state index in [9.17, 15) is 14.4 Å². The molecule has 1 N–H and O–H groups in total. The van der Waals surface area contributed by atoms with E-state index < -0.39 is 0 Å². The highest BCUT2D eigenvalue weighted by Crippen LogP contribution is 2.24. The summed E-state index contributed by atoms with van der Waals surface area (Å²) in [5.41, 5.74) is 1.30. The molecule has 1 aliphatic carbocycles. The maximum absolute atomic E-state index is 13.5. The van der Waals surface area contributed by atoms with Crippen LogP contribution >= 0.6 is 11.8 Å². The van der Waals surface area contributed by atoms with Crippen molar-refractivity contribution in [3.05, 3.63) is 63.9 Å². The Hall–Kier alpha value is -3.17. The van der Waals surface area contributed by atoms with Crippen molar-refractivity contribution in [2.75, 3.05) is 19.5 Å². The Balaban J connectivity index is 1.43. The number of fused-ring (bicyclic) bond motifs is 1. The number of carbonyl (C=O) groups excluding carboxylic acids is 2. The summed E-state index contributed by atoms with van der Waals surface area (Å²) in [6, 6.07) is 12.2. The normalized spacial score (nSPS) is 17.8. The van der Waals surface area contributed by atoms with E-state index in [-0.39, 0.29) is 35.1 Å². The van der Waals surface area contributed by atoms with Gasteiger partial charge in [-0.2, -0.15) is 0 Å². The Labute approximate surface area is 219 Å². The quantitative estimate of drug-likeness (QED) is 0.256. The van der Waals surface area contributed by atoms with E-state index in [2.05, 4.69) is 5.32 Å². The third-order valence-electron chi connectivity index (χ3n) is 7.03. The summed E-state index contributed by atoms with van der Waals surface area (Å²) in [6.45, 7) is 1.06. The molecular formula is C28H31N3O5S. The lowest BCUT2D eigenvalue weighted by Gasteiger charge is -2.17. The van der Waals surface area contributed by atoms with E-state index in [0.717, 1.165) is 38.5 Å². The van der Waals surface area contributed by atoms with Gasteiger partial charge in [0.25, 0.3) is 11.5 Å². The van der Waals surface area contributed by atoms with Gasteiger partial charge in [0.2, 0.25) is 0 Å². The monoisotopic (exact) mass is 521 g/mol. The standard InChI is InChI=1S/C28H31N3O5S/c1-35-21-11-8-18(9-12-21)25(32)17-37-28-30-24-15-19(26(33)29-20-5-2-3-6-20)10-13-23(24)27(34)31(28)16-22-7-4-14-36-22/h8-13,15,20,22H,2-7,14,16-17H2,1H3,(H,29,33)/t22-/m0/s1. The molecule has 1 amide bonds. The third kappa shape index (κ3) is 5.88. The molecule has 1 aliphatic heterocycles. The topological polar surface area (TPSA) is 99.5 Å². The maximum atomic E-state index is 13.5. The van der Waals surface area contributed by atoms with Crippen molar-refractivity contribution in [3.63, 3.8) is 0 Å².